The lowest BCUT2D eigenvalue weighted by molar-refractivity contribution is 0.309. The molecule has 0 saturated carbocycles. The quantitative estimate of drug-likeness (QED) is 0.377. The van der Waals surface area contributed by atoms with Crippen molar-refractivity contribution >= 4 is 39.4 Å². The summed E-state index contributed by atoms with van der Waals surface area (Å²) < 4.78 is 31.2. The predicted octanol–water partition coefficient (Wildman–Crippen LogP) is 2.46. The van der Waals surface area contributed by atoms with Gasteiger partial charge in [-0.1, -0.05) is 35.3 Å². The smallest absolute Gasteiger partial charge is 0.279 e. The number of nitrogens with zero attached hydrogens (tertiary/aromatic N) is 4. The zero-order valence-corrected chi connectivity index (χ0v) is 20.5. The number of guanidine groups is 1. The van der Waals surface area contributed by atoms with Crippen molar-refractivity contribution in [3.05, 3.63) is 40.0 Å². The monoisotopic (exact) mass is 501 g/mol. The molecule has 2 aromatic rings. The third kappa shape index (κ3) is 5.93. The highest BCUT2D eigenvalue weighted by atomic mass is 35.5. The number of aromatic nitrogens is 2. The Bertz CT molecular complexity index is 1080. The molecule has 0 radical (unpaired) electrons. The third-order valence-electron chi connectivity index (χ3n) is 5.57. The Hall–Kier alpha value is -1.85. The summed E-state index contributed by atoms with van der Waals surface area (Å²) >= 11 is 12.5. The number of aryl methyl sites for hydroxylation is 1. The molecular weight excluding hydrogens is 473 g/mol. The second-order valence-corrected chi connectivity index (χ2v) is 10.5. The van der Waals surface area contributed by atoms with Crippen LogP contribution in [0.3, 0.4) is 0 Å². The van der Waals surface area contributed by atoms with E-state index in [1.165, 1.54) is 4.31 Å². The zero-order chi connectivity index (χ0) is 23.5. The van der Waals surface area contributed by atoms with Crippen LogP contribution >= 0.6 is 23.2 Å². The van der Waals surface area contributed by atoms with Crippen molar-refractivity contribution in [2.45, 2.75) is 38.1 Å². The maximum atomic E-state index is 12.6. The van der Waals surface area contributed by atoms with Gasteiger partial charge in [-0.2, -0.15) is 17.8 Å². The molecule has 32 heavy (non-hydrogen) atoms. The molecule has 9 nitrogen and oxygen atoms in total. The first-order valence-electron chi connectivity index (χ1n) is 10.4. The minimum Gasteiger partial charge on any atom is -0.370 e. The van der Waals surface area contributed by atoms with Gasteiger partial charge in [0, 0.05) is 43.9 Å². The first-order chi connectivity index (χ1) is 15.1. The van der Waals surface area contributed by atoms with Gasteiger partial charge in [0.15, 0.2) is 5.96 Å². The fraction of sp³-hybridized carbons (Fsp3) is 0.500. The van der Waals surface area contributed by atoms with Crippen LogP contribution in [0.25, 0.3) is 11.3 Å². The van der Waals surface area contributed by atoms with Gasteiger partial charge in [-0.3, -0.25) is 9.67 Å². The molecule has 1 atom stereocenters. The first kappa shape index (κ1) is 24.8. The Morgan fingerprint density at radius 2 is 2.00 bits per heavy atom. The van der Waals surface area contributed by atoms with Crippen LogP contribution in [0.2, 0.25) is 10.0 Å². The fourth-order valence-corrected chi connectivity index (χ4v) is 5.54. The molecule has 0 spiro atoms. The summed E-state index contributed by atoms with van der Waals surface area (Å²) in [5.41, 5.74) is 13.3. The minimum absolute atomic E-state index is 0.00150. The number of hydrogen-bond acceptors (Lipinski definition) is 4. The molecule has 12 heteroatoms. The third-order valence-corrected chi connectivity index (χ3v) is 8.00. The second-order valence-electron chi connectivity index (χ2n) is 7.94. The average Bonchev–Trinajstić information content (AvgIpc) is 3.11. The predicted molar refractivity (Wildman–Crippen MR) is 129 cm³/mol. The van der Waals surface area contributed by atoms with Crippen LogP contribution in [0, 0.1) is 0 Å². The van der Waals surface area contributed by atoms with E-state index in [4.69, 9.17) is 34.7 Å². The molecule has 1 aliphatic heterocycles. The topological polar surface area (TPSA) is 132 Å². The lowest BCUT2D eigenvalue weighted by atomic mass is 9.94. The highest BCUT2D eigenvalue weighted by Gasteiger charge is 2.30. The number of aliphatic imine (C=N–C) groups is 1. The standard InChI is InChI=1S/C20H29Cl2N7O2S/c1-13(26-20(23)24)6-9-25-32(30,31)29-10-7-14(8-11-29)18-12-17(27-28(18)2)15-4-3-5-16(21)19(15)22/h3-5,12-14,25H,6-11H2,1-2H3,(H4,23,24,26)/t13-/m1/s1. The molecule has 1 aromatic carbocycles. The molecule has 0 aliphatic carbocycles. The Labute approximate surface area is 198 Å². The number of hydrogen-bond donors (Lipinski definition) is 3. The Kier molecular flexibility index (Phi) is 8.05. The van der Waals surface area contributed by atoms with E-state index in [1.54, 1.807) is 6.07 Å². The van der Waals surface area contributed by atoms with Gasteiger partial charge in [0.05, 0.1) is 21.8 Å². The van der Waals surface area contributed by atoms with Crippen LogP contribution in [0.4, 0.5) is 0 Å². The van der Waals surface area contributed by atoms with Gasteiger partial charge in [0.25, 0.3) is 10.2 Å². The lowest BCUT2D eigenvalue weighted by Crippen LogP contribution is -2.45. The van der Waals surface area contributed by atoms with Crippen molar-refractivity contribution in [1.82, 2.24) is 18.8 Å². The summed E-state index contributed by atoms with van der Waals surface area (Å²) in [6.45, 7) is 2.97. The van der Waals surface area contributed by atoms with Crippen molar-refractivity contribution in [3.63, 3.8) is 0 Å². The number of nitrogens with one attached hydrogen (secondary N) is 1. The fourth-order valence-electron chi connectivity index (χ4n) is 3.90. The minimum atomic E-state index is -3.55. The maximum Gasteiger partial charge on any atom is 0.279 e. The summed E-state index contributed by atoms with van der Waals surface area (Å²) in [7, 11) is -1.66. The van der Waals surface area contributed by atoms with Gasteiger partial charge in [-0.15, -0.1) is 0 Å². The van der Waals surface area contributed by atoms with E-state index in [1.807, 2.05) is 36.9 Å². The van der Waals surface area contributed by atoms with Crippen molar-refractivity contribution in [3.8, 4) is 11.3 Å². The molecule has 5 N–H and O–H groups in total. The van der Waals surface area contributed by atoms with E-state index in [0.29, 0.717) is 42.4 Å². The first-order valence-corrected chi connectivity index (χ1v) is 12.6. The van der Waals surface area contributed by atoms with Crippen molar-refractivity contribution in [2.75, 3.05) is 19.6 Å². The highest BCUT2D eigenvalue weighted by molar-refractivity contribution is 7.87. The Balaban J connectivity index is 1.60. The summed E-state index contributed by atoms with van der Waals surface area (Å²) in [6.07, 6.45) is 1.92. The number of nitrogens with two attached hydrogens (primary N) is 2. The van der Waals surface area contributed by atoms with Crippen LogP contribution in [-0.4, -0.2) is 54.1 Å². The SMILES string of the molecule is C[C@H](CCNS(=O)(=O)N1CCC(c2cc(-c3cccc(Cl)c3Cl)nn2C)CC1)N=C(N)N. The van der Waals surface area contributed by atoms with Crippen LogP contribution < -0.4 is 16.2 Å². The van der Waals surface area contributed by atoms with Gasteiger partial charge in [0.2, 0.25) is 0 Å². The van der Waals surface area contributed by atoms with E-state index in [-0.39, 0.29) is 24.5 Å². The molecule has 3 rings (SSSR count). The molecule has 1 saturated heterocycles. The molecule has 0 amide bonds. The molecule has 0 bridgehead atoms. The molecule has 176 valence electrons. The zero-order valence-electron chi connectivity index (χ0n) is 18.1. The molecule has 1 aliphatic rings. The van der Waals surface area contributed by atoms with Crippen LogP contribution in [0.1, 0.15) is 37.8 Å². The lowest BCUT2D eigenvalue weighted by Gasteiger charge is -2.31. The summed E-state index contributed by atoms with van der Waals surface area (Å²) in [6, 6.07) is 7.32. The molecule has 0 unspecified atom stereocenters. The number of benzene rings is 1. The molecule has 1 fully saturated rings. The van der Waals surface area contributed by atoms with Gasteiger partial charge < -0.3 is 11.5 Å². The summed E-state index contributed by atoms with van der Waals surface area (Å²) in [5.74, 6) is 0.200. The molecular formula is C20H29Cl2N7O2S. The van der Waals surface area contributed by atoms with E-state index in [0.717, 1.165) is 17.0 Å². The van der Waals surface area contributed by atoms with Crippen LogP contribution in [-0.2, 0) is 17.3 Å². The van der Waals surface area contributed by atoms with Crippen molar-refractivity contribution in [1.29, 1.82) is 0 Å². The van der Waals surface area contributed by atoms with Gasteiger partial charge in [-0.25, -0.2) is 4.72 Å². The van der Waals surface area contributed by atoms with E-state index < -0.39 is 10.2 Å². The van der Waals surface area contributed by atoms with Gasteiger partial charge in [-0.05, 0) is 38.3 Å². The normalized spacial score (nSPS) is 16.8. The molecule has 1 aromatic heterocycles. The second kappa shape index (κ2) is 10.4. The van der Waals surface area contributed by atoms with Gasteiger partial charge >= 0.3 is 0 Å². The molecule has 2 heterocycles. The number of halogens is 2. The Morgan fingerprint density at radius 1 is 1.31 bits per heavy atom. The van der Waals surface area contributed by atoms with Crippen molar-refractivity contribution in [2.24, 2.45) is 23.5 Å². The maximum absolute atomic E-state index is 12.6. The van der Waals surface area contributed by atoms with Crippen molar-refractivity contribution < 1.29 is 8.42 Å². The van der Waals surface area contributed by atoms with Crippen LogP contribution in [0.5, 0.6) is 0 Å². The highest BCUT2D eigenvalue weighted by Crippen LogP contribution is 2.36. The number of rotatable bonds is 8. The van der Waals surface area contributed by atoms with E-state index in [9.17, 15) is 8.42 Å². The van der Waals surface area contributed by atoms with Crippen LogP contribution in [0.15, 0.2) is 29.3 Å². The van der Waals surface area contributed by atoms with E-state index in [2.05, 4.69) is 14.8 Å². The average molecular weight is 502 g/mol. The number of piperidine rings is 1. The Morgan fingerprint density at radius 3 is 2.66 bits per heavy atom. The summed E-state index contributed by atoms with van der Waals surface area (Å²) in [5, 5.41) is 5.56. The largest absolute Gasteiger partial charge is 0.370 e. The van der Waals surface area contributed by atoms with Gasteiger partial charge in [0.1, 0.15) is 0 Å². The van der Waals surface area contributed by atoms with E-state index >= 15 is 0 Å². The summed E-state index contributed by atoms with van der Waals surface area (Å²) in [4.78, 5) is 4.00.